The summed E-state index contributed by atoms with van der Waals surface area (Å²) in [5, 5.41) is 2.55. The number of carbonyl (C=O) groups excluding carboxylic acids is 3. The number of esters is 1. The monoisotopic (exact) mass is 410 g/mol. The van der Waals surface area contributed by atoms with E-state index in [9.17, 15) is 23.2 Å². The van der Waals surface area contributed by atoms with Gasteiger partial charge in [0.2, 0.25) is 5.91 Å². The van der Waals surface area contributed by atoms with Gasteiger partial charge in [0.05, 0.1) is 11.4 Å². The molecule has 0 heterocycles. The van der Waals surface area contributed by atoms with E-state index >= 15 is 0 Å². The normalized spacial score (nSPS) is 10.4. The minimum atomic E-state index is -3.10. The number of hydrogen-bond donors (Lipinski definition) is 2. The first kappa shape index (κ1) is 21.2. The fourth-order valence-electron chi connectivity index (χ4n) is 2.07. The third-order valence-electron chi connectivity index (χ3n) is 3.19. The molecule has 0 spiro atoms. The van der Waals surface area contributed by atoms with Crippen molar-refractivity contribution in [2.24, 2.45) is 5.73 Å². The molecule has 0 aliphatic heterocycles. The molecule has 0 aliphatic carbocycles. The smallest absolute Gasteiger partial charge is 0.387 e. The maximum absolute atomic E-state index is 12.4. The topological polar surface area (TPSA) is 108 Å². The zero-order valence-electron chi connectivity index (χ0n) is 14.4. The van der Waals surface area contributed by atoms with Crippen molar-refractivity contribution < 1.29 is 32.6 Å². The Bertz CT molecular complexity index is 863. The number of nitrogens with one attached hydrogen (secondary N) is 1. The number of primary amides is 1. The van der Waals surface area contributed by atoms with Crippen molar-refractivity contribution in [2.75, 3.05) is 17.7 Å². The average Bonchev–Trinajstić information content (AvgIpc) is 2.65. The van der Waals surface area contributed by atoms with E-state index in [1.807, 2.05) is 0 Å². The molecule has 0 radical (unpaired) electrons. The lowest BCUT2D eigenvalue weighted by Gasteiger charge is -2.12. The highest BCUT2D eigenvalue weighted by Crippen LogP contribution is 2.26. The second-order valence-corrected chi connectivity index (χ2v) is 6.27. The summed E-state index contributed by atoms with van der Waals surface area (Å²) in [4.78, 5) is 35.6. The quantitative estimate of drug-likeness (QED) is 0.486. The summed E-state index contributed by atoms with van der Waals surface area (Å²) in [6.07, 6.45) is 0. The SMILES string of the molecule is NC(=O)CSc1ccccc1NC(=O)COC(=O)c1ccccc1OC(F)F. The number of para-hydroxylation sites is 2. The Labute approximate surface area is 163 Å². The van der Waals surface area contributed by atoms with Crippen molar-refractivity contribution in [1.82, 2.24) is 0 Å². The van der Waals surface area contributed by atoms with E-state index in [-0.39, 0.29) is 17.1 Å². The van der Waals surface area contributed by atoms with Crippen molar-refractivity contribution in [1.29, 1.82) is 0 Å². The number of rotatable bonds is 9. The summed E-state index contributed by atoms with van der Waals surface area (Å²) in [6, 6.07) is 12.0. The van der Waals surface area contributed by atoms with Crippen LogP contribution in [0.25, 0.3) is 0 Å². The van der Waals surface area contributed by atoms with Gasteiger partial charge in [0.15, 0.2) is 6.61 Å². The van der Waals surface area contributed by atoms with Crippen molar-refractivity contribution in [3.05, 3.63) is 54.1 Å². The van der Waals surface area contributed by atoms with E-state index in [2.05, 4.69) is 10.1 Å². The summed E-state index contributed by atoms with van der Waals surface area (Å²) in [5.74, 6) is -2.46. The van der Waals surface area contributed by atoms with Crippen LogP contribution < -0.4 is 15.8 Å². The third kappa shape index (κ3) is 6.54. The summed E-state index contributed by atoms with van der Waals surface area (Å²) in [6.45, 7) is -3.75. The molecule has 0 saturated carbocycles. The highest BCUT2D eigenvalue weighted by Gasteiger charge is 2.18. The molecule has 0 saturated heterocycles. The molecular weight excluding hydrogens is 394 g/mol. The van der Waals surface area contributed by atoms with Gasteiger partial charge < -0.3 is 20.5 Å². The van der Waals surface area contributed by atoms with Crippen LogP contribution in [0, 0.1) is 0 Å². The number of benzene rings is 2. The Kier molecular flexibility index (Phi) is 7.76. The standard InChI is InChI=1S/C18H16F2N2O5S/c19-18(20)27-13-7-3-1-5-11(13)17(25)26-9-16(24)22-12-6-2-4-8-14(12)28-10-15(21)23/h1-8,18H,9-10H2,(H2,21,23)(H,22,24). The first-order chi connectivity index (χ1) is 13.4. The van der Waals surface area contributed by atoms with Gasteiger partial charge in [0, 0.05) is 4.90 Å². The Morgan fingerprint density at radius 1 is 1.07 bits per heavy atom. The lowest BCUT2D eigenvalue weighted by atomic mass is 10.2. The second-order valence-electron chi connectivity index (χ2n) is 5.25. The van der Waals surface area contributed by atoms with Gasteiger partial charge in [-0.25, -0.2) is 4.79 Å². The van der Waals surface area contributed by atoms with Gasteiger partial charge in [-0.05, 0) is 24.3 Å². The molecule has 0 aromatic heterocycles. The molecule has 2 aromatic carbocycles. The molecule has 2 amide bonds. The predicted octanol–water partition coefficient (Wildman–Crippen LogP) is 2.66. The van der Waals surface area contributed by atoms with Crippen LogP contribution in [-0.2, 0) is 14.3 Å². The van der Waals surface area contributed by atoms with Crippen LogP contribution in [0.5, 0.6) is 5.75 Å². The van der Waals surface area contributed by atoms with Gasteiger partial charge >= 0.3 is 12.6 Å². The van der Waals surface area contributed by atoms with Crippen molar-refractivity contribution in [2.45, 2.75) is 11.5 Å². The average molecular weight is 410 g/mol. The van der Waals surface area contributed by atoms with Gasteiger partial charge in [-0.15, -0.1) is 11.8 Å². The molecular formula is C18H16F2N2O5S. The first-order valence-corrected chi connectivity index (χ1v) is 8.86. The van der Waals surface area contributed by atoms with Crippen molar-refractivity contribution in [3.63, 3.8) is 0 Å². The van der Waals surface area contributed by atoms with Crippen LogP contribution in [-0.4, -0.2) is 36.8 Å². The predicted molar refractivity (Wildman–Crippen MR) is 98.3 cm³/mol. The minimum Gasteiger partial charge on any atom is -0.452 e. The van der Waals surface area contributed by atoms with E-state index in [0.29, 0.717) is 10.6 Å². The second kappa shape index (κ2) is 10.3. The molecule has 7 nitrogen and oxygen atoms in total. The Morgan fingerprint density at radius 2 is 1.75 bits per heavy atom. The van der Waals surface area contributed by atoms with Crippen molar-refractivity contribution >= 4 is 35.2 Å². The largest absolute Gasteiger partial charge is 0.452 e. The Morgan fingerprint density at radius 3 is 2.46 bits per heavy atom. The van der Waals surface area contributed by atoms with E-state index in [1.54, 1.807) is 24.3 Å². The van der Waals surface area contributed by atoms with Crippen LogP contribution in [0.15, 0.2) is 53.4 Å². The van der Waals surface area contributed by atoms with Gasteiger partial charge in [0.25, 0.3) is 5.91 Å². The highest BCUT2D eigenvalue weighted by atomic mass is 32.2. The number of ether oxygens (including phenoxy) is 2. The number of nitrogens with two attached hydrogens (primary N) is 1. The summed E-state index contributed by atoms with van der Waals surface area (Å²) < 4.78 is 33.9. The summed E-state index contributed by atoms with van der Waals surface area (Å²) >= 11 is 1.14. The fraction of sp³-hybridized carbons (Fsp3) is 0.167. The number of anilines is 1. The maximum Gasteiger partial charge on any atom is 0.387 e. The number of carbonyl (C=O) groups is 3. The van der Waals surface area contributed by atoms with E-state index in [4.69, 9.17) is 10.5 Å². The molecule has 28 heavy (non-hydrogen) atoms. The number of thioether (sulfide) groups is 1. The van der Waals surface area contributed by atoms with Crippen LogP contribution in [0.3, 0.4) is 0 Å². The molecule has 2 aromatic rings. The molecule has 3 N–H and O–H groups in total. The molecule has 0 aliphatic rings. The number of hydrogen-bond acceptors (Lipinski definition) is 6. The van der Waals surface area contributed by atoms with Crippen LogP contribution >= 0.6 is 11.8 Å². The molecule has 0 atom stereocenters. The number of alkyl halides is 2. The molecule has 148 valence electrons. The Hall–Kier alpha value is -3.14. The van der Waals surface area contributed by atoms with Crippen LogP contribution in [0.4, 0.5) is 14.5 Å². The van der Waals surface area contributed by atoms with Gasteiger partial charge in [-0.3, -0.25) is 9.59 Å². The van der Waals surface area contributed by atoms with E-state index < -0.39 is 31.0 Å². The number of halogens is 2. The zero-order chi connectivity index (χ0) is 20.5. The van der Waals surface area contributed by atoms with Crippen LogP contribution in [0.2, 0.25) is 0 Å². The lowest BCUT2D eigenvalue weighted by molar-refractivity contribution is -0.119. The van der Waals surface area contributed by atoms with Gasteiger partial charge in [-0.1, -0.05) is 24.3 Å². The number of amides is 2. The fourth-order valence-corrected chi connectivity index (χ4v) is 2.82. The zero-order valence-corrected chi connectivity index (χ0v) is 15.2. The summed E-state index contributed by atoms with van der Waals surface area (Å²) in [5.41, 5.74) is 5.29. The first-order valence-electron chi connectivity index (χ1n) is 7.87. The van der Waals surface area contributed by atoms with Gasteiger partial charge in [-0.2, -0.15) is 8.78 Å². The molecule has 2 rings (SSSR count). The highest BCUT2D eigenvalue weighted by molar-refractivity contribution is 8.00. The van der Waals surface area contributed by atoms with Crippen LogP contribution in [0.1, 0.15) is 10.4 Å². The van der Waals surface area contributed by atoms with Gasteiger partial charge in [0.1, 0.15) is 11.3 Å². The minimum absolute atomic E-state index is 0.0305. The third-order valence-corrected chi connectivity index (χ3v) is 4.28. The lowest BCUT2D eigenvalue weighted by Crippen LogP contribution is -2.22. The van der Waals surface area contributed by atoms with E-state index in [0.717, 1.165) is 11.8 Å². The molecule has 0 unspecified atom stereocenters. The van der Waals surface area contributed by atoms with Crippen molar-refractivity contribution in [3.8, 4) is 5.75 Å². The molecule has 0 bridgehead atoms. The maximum atomic E-state index is 12.4. The Balaban J connectivity index is 1.96. The molecule has 0 fully saturated rings. The summed E-state index contributed by atoms with van der Waals surface area (Å²) in [7, 11) is 0. The van der Waals surface area contributed by atoms with E-state index in [1.165, 1.54) is 24.3 Å². The molecule has 10 heteroatoms.